The molecular formula is C45H37BrN2O9. The molecule has 0 saturated carbocycles. The van der Waals surface area contributed by atoms with Crippen molar-refractivity contribution in [2.24, 2.45) is 0 Å². The van der Waals surface area contributed by atoms with Gasteiger partial charge < -0.3 is 45.6 Å². The fourth-order valence-corrected chi connectivity index (χ4v) is 7.33. The van der Waals surface area contributed by atoms with Gasteiger partial charge in [0.2, 0.25) is 6.10 Å². The summed E-state index contributed by atoms with van der Waals surface area (Å²) in [5, 5.41) is 3.69. The lowest BCUT2D eigenvalue weighted by molar-refractivity contribution is -0.764. The van der Waals surface area contributed by atoms with E-state index in [9.17, 15) is 19.2 Å². The van der Waals surface area contributed by atoms with Crippen LogP contribution in [0.4, 0.5) is 0 Å². The zero-order valence-electron chi connectivity index (χ0n) is 31.1. The average Bonchev–Trinajstić information content (AvgIpc) is 3.77. The fourth-order valence-electron chi connectivity index (χ4n) is 7.33. The summed E-state index contributed by atoms with van der Waals surface area (Å²) in [5.41, 5.74) is 4.69. The van der Waals surface area contributed by atoms with Crippen LogP contribution in [0.5, 0.6) is 5.75 Å². The number of fused-ring (bicyclic) bond motifs is 4. The quantitative estimate of drug-likeness (QED) is 0.0966. The van der Waals surface area contributed by atoms with Gasteiger partial charge in [0.05, 0.1) is 22.2 Å². The lowest BCUT2D eigenvalue weighted by Crippen LogP contribution is -3.00. The minimum Gasteiger partial charge on any atom is -1.00 e. The second-order valence-electron chi connectivity index (χ2n) is 13.6. The number of carbonyl (C=O) groups is 4. The first-order chi connectivity index (χ1) is 27.2. The number of hydrogen-bond donors (Lipinski definition) is 1. The van der Waals surface area contributed by atoms with Crippen LogP contribution in [-0.4, -0.2) is 53.8 Å². The number of halogens is 1. The monoisotopic (exact) mass is 828 g/mol. The molecule has 1 fully saturated rings. The highest BCUT2D eigenvalue weighted by Crippen LogP contribution is 2.38. The molecule has 12 heteroatoms. The molecule has 0 bridgehead atoms. The predicted molar refractivity (Wildman–Crippen MR) is 206 cm³/mol. The van der Waals surface area contributed by atoms with E-state index in [2.05, 4.69) is 4.98 Å². The SMILES string of the molecule is CC(=O)Oc1ccc2[nH]c3c(C)c4cc[n+]([C@@H]5O[C@@H](COC(=O)c6ccccc6)[C@H](OC(=O)c6ccccc6)[C@H]5OC(=O)c5ccccc5)cc4c(C)c3c2c1.[Br-]. The highest BCUT2D eigenvalue weighted by Gasteiger charge is 2.55. The molecule has 1 N–H and O–H groups in total. The van der Waals surface area contributed by atoms with E-state index >= 15 is 0 Å². The van der Waals surface area contributed by atoms with Gasteiger partial charge in [-0.2, -0.15) is 4.57 Å². The van der Waals surface area contributed by atoms with Gasteiger partial charge in [-0.25, -0.2) is 14.4 Å². The number of aromatic amines is 1. The highest BCUT2D eigenvalue weighted by molar-refractivity contribution is 6.16. The van der Waals surface area contributed by atoms with Crippen molar-refractivity contribution in [2.45, 2.75) is 45.3 Å². The standard InChI is InChI=1S/C45H36N2O9.BrH/c1-26-35-24-47(22-21-33(35)27(2)39-38(26)34-23-32(53-28(3)48)19-20-36(34)46-39)42-41(56-45(51)31-17-11-6-12-18-31)40(55-44(50)30-15-9-5-10-16-30)37(54-42)25-52-43(49)29-13-7-4-8-14-29;/h4-24,37,40-42H,25H2,1-3H3;1H/t37-,40-,41+,42+;/m0./s1. The first-order valence-electron chi connectivity index (χ1n) is 18.1. The molecule has 0 radical (unpaired) electrons. The van der Waals surface area contributed by atoms with Crippen molar-refractivity contribution in [3.05, 3.63) is 155 Å². The fraction of sp³-hybridized carbons (Fsp3) is 0.178. The first kappa shape index (κ1) is 38.9. The second-order valence-corrected chi connectivity index (χ2v) is 13.6. The number of H-pyrrole nitrogens is 1. The van der Waals surface area contributed by atoms with E-state index in [1.165, 1.54) is 6.92 Å². The van der Waals surface area contributed by atoms with Crippen molar-refractivity contribution in [2.75, 3.05) is 6.61 Å². The van der Waals surface area contributed by atoms with E-state index in [1.807, 2.05) is 44.4 Å². The van der Waals surface area contributed by atoms with Crippen LogP contribution < -0.4 is 26.3 Å². The molecular weight excluding hydrogens is 792 g/mol. The normalized spacial score (nSPS) is 17.5. The summed E-state index contributed by atoms with van der Waals surface area (Å²) in [4.78, 5) is 55.8. The third-order valence-corrected chi connectivity index (χ3v) is 10.0. The van der Waals surface area contributed by atoms with Crippen LogP contribution in [0, 0.1) is 13.8 Å². The summed E-state index contributed by atoms with van der Waals surface area (Å²) in [6.45, 7) is 5.10. The van der Waals surface area contributed by atoms with Crippen LogP contribution in [0.2, 0.25) is 0 Å². The van der Waals surface area contributed by atoms with Crippen LogP contribution in [-0.2, 0) is 23.7 Å². The molecule has 1 aliphatic heterocycles. The van der Waals surface area contributed by atoms with E-state index in [0.717, 1.165) is 43.7 Å². The molecule has 2 aromatic heterocycles. The minimum atomic E-state index is -1.19. The van der Waals surface area contributed by atoms with Crippen LogP contribution in [0.3, 0.4) is 0 Å². The summed E-state index contributed by atoms with van der Waals surface area (Å²) in [6.07, 6.45) is -0.682. The maximum absolute atomic E-state index is 13.7. The number of ether oxygens (including phenoxy) is 5. The van der Waals surface area contributed by atoms with E-state index in [-0.39, 0.29) is 29.2 Å². The van der Waals surface area contributed by atoms with Crippen molar-refractivity contribution in [1.29, 1.82) is 0 Å². The molecule has 288 valence electrons. The molecule has 3 heterocycles. The summed E-state index contributed by atoms with van der Waals surface area (Å²) in [7, 11) is 0. The Balaban J connectivity index is 0.00000496. The van der Waals surface area contributed by atoms with Gasteiger partial charge in [0.1, 0.15) is 18.5 Å². The topological polar surface area (TPSA) is 134 Å². The number of nitrogens with zero attached hydrogens (tertiary/aromatic N) is 1. The summed E-state index contributed by atoms with van der Waals surface area (Å²) >= 11 is 0. The molecule has 0 aliphatic carbocycles. The molecule has 57 heavy (non-hydrogen) atoms. The van der Waals surface area contributed by atoms with E-state index in [4.69, 9.17) is 23.7 Å². The number of rotatable bonds is 9. The van der Waals surface area contributed by atoms with Crippen LogP contribution in [0.15, 0.2) is 128 Å². The predicted octanol–water partition coefficient (Wildman–Crippen LogP) is 4.51. The molecule has 5 aromatic carbocycles. The zero-order valence-corrected chi connectivity index (χ0v) is 32.7. The number of hydrogen-bond acceptors (Lipinski definition) is 9. The van der Waals surface area contributed by atoms with Gasteiger partial charge >= 0.3 is 30.1 Å². The number of aromatic nitrogens is 2. The van der Waals surface area contributed by atoms with Gasteiger partial charge in [-0.05, 0) is 85.0 Å². The molecule has 0 spiro atoms. The van der Waals surface area contributed by atoms with Gasteiger partial charge in [-0.15, -0.1) is 0 Å². The van der Waals surface area contributed by atoms with Crippen molar-refractivity contribution in [3.63, 3.8) is 0 Å². The molecule has 4 atom stereocenters. The number of aryl methyl sites for hydroxylation is 2. The van der Waals surface area contributed by atoms with Gasteiger partial charge in [0.15, 0.2) is 18.5 Å². The number of carbonyl (C=O) groups excluding carboxylic acids is 4. The second kappa shape index (κ2) is 16.4. The molecule has 0 amide bonds. The zero-order chi connectivity index (χ0) is 38.9. The Morgan fingerprint density at radius 2 is 1.26 bits per heavy atom. The van der Waals surface area contributed by atoms with Gasteiger partial charge in [0, 0.05) is 34.7 Å². The Morgan fingerprint density at radius 1 is 0.684 bits per heavy atom. The Kier molecular flexibility index (Phi) is 11.2. The molecule has 11 nitrogen and oxygen atoms in total. The minimum absolute atomic E-state index is 0. The van der Waals surface area contributed by atoms with Gasteiger partial charge in [-0.1, -0.05) is 54.6 Å². The van der Waals surface area contributed by atoms with E-state index in [1.54, 1.807) is 102 Å². The third-order valence-electron chi connectivity index (χ3n) is 10.0. The van der Waals surface area contributed by atoms with Crippen LogP contribution in [0.25, 0.3) is 32.6 Å². The maximum Gasteiger partial charge on any atom is 0.338 e. The Morgan fingerprint density at radius 3 is 1.86 bits per heavy atom. The van der Waals surface area contributed by atoms with E-state index in [0.29, 0.717) is 16.9 Å². The summed E-state index contributed by atoms with van der Waals surface area (Å²) < 4.78 is 31.9. The first-order valence-corrected chi connectivity index (χ1v) is 18.1. The lowest BCUT2D eigenvalue weighted by Gasteiger charge is -2.23. The van der Waals surface area contributed by atoms with Crippen LogP contribution >= 0.6 is 0 Å². The highest BCUT2D eigenvalue weighted by atomic mass is 79.9. The molecule has 1 aliphatic rings. The average molecular weight is 830 g/mol. The van der Waals surface area contributed by atoms with E-state index < -0.39 is 48.4 Å². The number of pyridine rings is 1. The third kappa shape index (κ3) is 7.74. The summed E-state index contributed by atoms with van der Waals surface area (Å²) in [5.74, 6) is -1.88. The molecule has 0 unspecified atom stereocenters. The Hall–Kier alpha value is -6.37. The smallest absolute Gasteiger partial charge is 0.338 e. The van der Waals surface area contributed by atoms with Gasteiger partial charge in [0.25, 0.3) is 0 Å². The van der Waals surface area contributed by atoms with Crippen molar-refractivity contribution >= 4 is 56.5 Å². The number of benzene rings is 5. The molecule has 8 rings (SSSR count). The number of nitrogens with one attached hydrogen (secondary N) is 1. The molecule has 7 aromatic rings. The number of esters is 4. The largest absolute Gasteiger partial charge is 1.00 e. The van der Waals surface area contributed by atoms with Crippen molar-refractivity contribution < 1.29 is 64.4 Å². The summed E-state index contributed by atoms with van der Waals surface area (Å²) in [6, 6.07) is 32.9. The van der Waals surface area contributed by atoms with Gasteiger partial charge in [-0.3, -0.25) is 4.79 Å². The van der Waals surface area contributed by atoms with Crippen molar-refractivity contribution in [3.8, 4) is 5.75 Å². The van der Waals surface area contributed by atoms with Crippen molar-refractivity contribution in [1.82, 2.24) is 4.98 Å². The lowest BCUT2D eigenvalue weighted by atomic mass is 9.97. The Labute approximate surface area is 337 Å². The molecule has 1 saturated heterocycles. The maximum atomic E-state index is 13.7. The van der Waals surface area contributed by atoms with Crippen LogP contribution in [0.1, 0.15) is 55.4 Å². The Bertz CT molecular complexity index is 2630.